The molecule has 0 saturated carbocycles. The fraction of sp³-hybridized carbons (Fsp3) is 0.211. The number of nitrogens with two attached hydrogens (primary N) is 1. The summed E-state index contributed by atoms with van der Waals surface area (Å²) in [7, 11) is 0. The molecular weight excluding hydrogens is 309 g/mol. The summed E-state index contributed by atoms with van der Waals surface area (Å²) in [6.07, 6.45) is 0.819. The highest BCUT2D eigenvalue weighted by atomic mass is 19.1. The van der Waals surface area contributed by atoms with E-state index in [1.807, 2.05) is 0 Å². The molecule has 24 heavy (non-hydrogen) atoms. The summed E-state index contributed by atoms with van der Waals surface area (Å²) in [4.78, 5) is 11.8. The molecular formula is C19H19FNO3+. The molecule has 1 heterocycles. The van der Waals surface area contributed by atoms with E-state index in [-0.39, 0.29) is 11.6 Å². The summed E-state index contributed by atoms with van der Waals surface area (Å²) in [5, 5.41) is 12.7. The second kappa shape index (κ2) is 6.84. The molecule has 0 aliphatic rings. The van der Waals surface area contributed by atoms with Crippen molar-refractivity contribution in [1.29, 1.82) is 0 Å². The topological polar surface area (TPSA) is 67.1 Å². The molecule has 0 unspecified atom stereocenters. The van der Waals surface area contributed by atoms with Crippen LogP contribution in [0.3, 0.4) is 0 Å². The van der Waals surface area contributed by atoms with Gasteiger partial charge in [0.25, 0.3) is 0 Å². The van der Waals surface area contributed by atoms with E-state index in [9.17, 15) is 14.3 Å². The highest BCUT2D eigenvalue weighted by molar-refractivity contribution is 5.84. The Labute approximate surface area is 138 Å². The number of phenols is 1. The van der Waals surface area contributed by atoms with Gasteiger partial charge < -0.3 is 14.8 Å². The molecule has 3 rings (SSSR count). The number of hydrogen-bond acceptors (Lipinski definition) is 3. The Morgan fingerprint density at radius 2 is 1.92 bits per heavy atom. The predicted octanol–water partition coefficient (Wildman–Crippen LogP) is 2.25. The first kappa shape index (κ1) is 16.2. The van der Waals surface area contributed by atoms with Crippen LogP contribution in [0, 0.1) is 12.7 Å². The van der Waals surface area contributed by atoms with Crippen LogP contribution >= 0.6 is 0 Å². The number of halogens is 1. The van der Waals surface area contributed by atoms with Crippen molar-refractivity contribution in [1.82, 2.24) is 0 Å². The lowest BCUT2D eigenvalue weighted by Gasteiger charge is -2.08. The summed E-state index contributed by atoms with van der Waals surface area (Å²) in [5.74, 6) is -0.119. The number of rotatable bonds is 5. The van der Waals surface area contributed by atoms with Crippen molar-refractivity contribution in [3.63, 3.8) is 0 Å². The van der Waals surface area contributed by atoms with Gasteiger partial charge in [-0.2, -0.15) is 0 Å². The van der Waals surface area contributed by atoms with E-state index in [0.29, 0.717) is 17.7 Å². The van der Waals surface area contributed by atoms with Gasteiger partial charge in [0, 0.05) is 29.0 Å². The van der Waals surface area contributed by atoms with E-state index in [0.717, 1.165) is 29.5 Å². The van der Waals surface area contributed by atoms with E-state index >= 15 is 0 Å². The molecule has 124 valence electrons. The molecule has 0 fully saturated rings. The first-order chi connectivity index (χ1) is 11.5. The molecule has 0 aliphatic heterocycles. The van der Waals surface area contributed by atoms with Crippen molar-refractivity contribution in [3.05, 3.63) is 75.4 Å². The van der Waals surface area contributed by atoms with E-state index in [4.69, 9.17) is 4.42 Å². The number of quaternary nitrogens is 1. The van der Waals surface area contributed by atoms with Gasteiger partial charge in [-0.05, 0) is 36.8 Å². The van der Waals surface area contributed by atoms with Crippen LogP contribution in [0.25, 0.3) is 11.0 Å². The Morgan fingerprint density at radius 3 is 2.67 bits per heavy atom. The number of hydrogen-bond donors (Lipinski definition) is 2. The fourth-order valence-electron chi connectivity index (χ4n) is 2.76. The smallest absolute Gasteiger partial charge is 0.336 e. The maximum Gasteiger partial charge on any atom is 0.336 e. The standard InChI is InChI=1S/C19H18FNO3/c1-12-17(22)7-6-16-14(10-18(23)24-19(12)16)11-21-9-8-13-2-4-15(20)5-3-13/h2-7,10,21-22H,8-9,11H2,1H3/p+1. The molecule has 0 aliphatic carbocycles. The van der Waals surface area contributed by atoms with Gasteiger partial charge in [0.1, 0.15) is 23.7 Å². The van der Waals surface area contributed by atoms with E-state index in [1.54, 1.807) is 31.2 Å². The van der Waals surface area contributed by atoms with Crippen molar-refractivity contribution in [2.24, 2.45) is 0 Å². The molecule has 2 aromatic carbocycles. The van der Waals surface area contributed by atoms with Crippen molar-refractivity contribution < 1.29 is 19.2 Å². The normalized spacial score (nSPS) is 11.1. The van der Waals surface area contributed by atoms with Gasteiger partial charge in [0.05, 0.1) is 6.54 Å². The van der Waals surface area contributed by atoms with Crippen molar-refractivity contribution in [2.45, 2.75) is 19.9 Å². The van der Waals surface area contributed by atoms with Crippen molar-refractivity contribution in [2.75, 3.05) is 6.54 Å². The molecule has 1 aromatic heterocycles. The van der Waals surface area contributed by atoms with Crippen LogP contribution in [-0.2, 0) is 13.0 Å². The molecule has 3 aromatic rings. The van der Waals surface area contributed by atoms with E-state index in [1.165, 1.54) is 18.2 Å². The summed E-state index contributed by atoms with van der Waals surface area (Å²) < 4.78 is 18.1. The van der Waals surface area contributed by atoms with E-state index < -0.39 is 5.63 Å². The Hall–Kier alpha value is -2.66. The molecule has 0 spiro atoms. The Morgan fingerprint density at radius 1 is 1.17 bits per heavy atom. The molecule has 0 amide bonds. The quantitative estimate of drug-likeness (QED) is 0.558. The van der Waals surface area contributed by atoms with Crippen LogP contribution in [0.5, 0.6) is 5.75 Å². The minimum atomic E-state index is -0.418. The molecule has 0 radical (unpaired) electrons. The number of benzene rings is 2. The molecule has 0 atom stereocenters. The molecule has 0 bridgehead atoms. The fourth-order valence-corrected chi connectivity index (χ4v) is 2.76. The van der Waals surface area contributed by atoms with Crippen molar-refractivity contribution >= 4 is 11.0 Å². The maximum absolute atomic E-state index is 12.9. The van der Waals surface area contributed by atoms with Crippen LogP contribution in [0.1, 0.15) is 16.7 Å². The zero-order chi connectivity index (χ0) is 17.1. The third kappa shape index (κ3) is 3.46. The number of fused-ring (bicyclic) bond motifs is 1. The number of phenolic OH excluding ortho intramolecular Hbond substituents is 1. The monoisotopic (exact) mass is 328 g/mol. The minimum absolute atomic E-state index is 0.114. The van der Waals surface area contributed by atoms with Crippen LogP contribution in [0.15, 0.2) is 51.7 Å². The lowest BCUT2D eigenvalue weighted by atomic mass is 10.1. The second-order valence-electron chi connectivity index (χ2n) is 5.83. The van der Waals surface area contributed by atoms with Gasteiger partial charge in [-0.15, -0.1) is 0 Å². The Kier molecular flexibility index (Phi) is 4.62. The predicted molar refractivity (Wildman–Crippen MR) is 89.5 cm³/mol. The summed E-state index contributed by atoms with van der Waals surface area (Å²) in [6, 6.07) is 11.3. The molecule has 3 N–H and O–H groups in total. The van der Waals surface area contributed by atoms with Gasteiger partial charge in [0.2, 0.25) is 0 Å². The molecule has 5 heteroatoms. The van der Waals surface area contributed by atoms with Crippen LogP contribution in [0.4, 0.5) is 4.39 Å². The lowest BCUT2D eigenvalue weighted by Crippen LogP contribution is -2.83. The van der Waals surface area contributed by atoms with Gasteiger partial charge in [-0.1, -0.05) is 12.1 Å². The van der Waals surface area contributed by atoms with Gasteiger partial charge >= 0.3 is 5.63 Å². The number of aromatic hydroxyl groups is 1. The average molecular weight is 328 g/mol. The third-order valence-electron chi connectivity index (χ3n) is 4.13. The minimum Gasteiger partial charge on any atom is -0.508 e. The highest BCUT2D eigenvalue weighted by Gasteiger charge is 2.11. The maximum atomic E-state index is 12.9. The van der Waals surface area contributed by atoms with Crippen molar-refractivity contribution in [3.8, 4) is 5.75 Å². The zero-order valence-corrected chi connectivity index (χ0v) is 13.4. The average Bonchev–Trinajstić information content (AvgIpc) is 2.57. The lowest BCUT2D eigenvalue weighted by molar-refractivity contribution is -0.670. The van der Waals surface area contributed by atoms with Crippen LogP contribution in [0.2, 0.25) is 0 Å². The summed E-state index contributed by atoms with van der Waals surface area (Å²) in [5.41, 5.74) is 2.54. The van der Waals surface area contributed by atoms with Gasteiger partial charge in [-0.25, -0.2) is 9.18 Å². The summed E-state index contributed by atoms with van der Waals surface area (Å²) in [6.45, 7) is 3.18. The molecule has 4 nitrogen and oxygen atoms in total. The van der Waals surface area contributed by atoms with E-state index in [2.05, 4.69) is 5.32 Å². The van der Waals surface area contributed by atoms with Crippen LogP contribution < -0.4 is 10.9 Å². The summed E-state index contributed by atoms with van der Waals surface area (Å²) >= 11 is 0. The Bertz CT molecular complexity index is 916. The zero-order valence-electron chi connectivity index (χ0n) is 13.4. The van der Waals surface area contributed by atoms with Gasteiger partial charge in [-0.3, -0.25) is 0 Å². The third-order valence-corrected chi connectivity index (χ3v) is 4.13. The first-order valence-electron chi connectivity index (χ1n) is 7.86. The molecule has 0 saturated heterocycles. The second-order valence-corrected chi connectivity index (χ2v) is 5.83. The van der Waals surface area contributed by atoms with Gasteiger partial charge in [0.15, 0.2) is 0 Å². The first-order valence-corrected chi connectivity index (χ1v) is 7.86. The Balaban J connectivity index is 1.72. The number of aryl methyl sites for hydroxylation is 1. The largest absolute Gasteiger partial charge is 0.508 e. The van der Waals surface area contributed by atoms with Crippen LogP contribution in [-0.4, -0.2) is 11.7 Å². The SMILES string of the molecule is Cc1c(O)ccc2c(C[NH2+]CCc3ccc(F)cc3)cc(=O)oc12. The highest BCUT2D eigenvalue weighted by Crippen LogP contribution is 2.26.